The van der Waals surface area contributed by atoms with Crippen LogP contribution in [0.15, 0.2) is 16.3 Å². The van der Waals surface area contributed by atoms with Gasteiger partial charge in [0.05, 0.1) is 0 Å². The molecule has 0 radical (unpaired) electrons. The average Bonchev–Trinajstić information content (AvgIpc) is 2.74. The monoisotopic (exact) mass is 290 g/mol. The second kappa shape index (κ2) is 7.23. The summed E-state index contributed by atoms with van der Waals surface area (Å²) in [5.41, 5.74) is 5.45. The van der Waals surface area contributed by atoms with Crippen molar-refractivity contribution in [2.24, 2.45) is 11.7 Å². The minimum absolute atomic E-state index is 0.385. The molecular formula is C12H22N2O2S2. The van der Waals surface area contributed by atoms with Gasteiger partial charge in [-0.05, 0) is 43.9 Å². The zero-order valence-electron chi connectivity index (χ0n) is 11.0. The van der Waals surface area contributed by atoms with Crippen LogP contribution in [0.25, 0.3) is 0 Å². The highest BCUT2D eigenvalue weighted by Gasteiger charge is 2.15. The normalized spacial score (nSPS) is 12.2. The molecule has 0 aliphatic rings. The smallest absolute Gasteiger partial charge is 0.250 e. The lowest BCUT2D eigenvalue weighted by Crippen LogP contribution is -2.24. The molecule has 3 N–H and O–H groups in total. The first kappa shape index (κ1) is 15.6. The van der Waals surface area contributed by atoms with Crippen LogP contribution in [0.4, 0.5) is 0 Å². The lowest BCUT2D eigenvalue weighted by atomic mass is 10.1. The first-order valence-electron chi connectivity index (χ1n) is 6.24. The summed E-state index contributed by atoms with van der Waals surface area (Å²) in [6, 6.07) is 3.49. The van der Waals surface area contributed by atoms with E-state index in [1.165, 1.54) is 11.3 Å². The summed E-state index contributed by atoms with van der Waals surface area (Å²) in [6.45, 7) is 5.31. The third kappa shape index (κ3) is 5.06. The molecule has 0 atom stereocenters. The van der Waals surface area contributed by atoms with Gasteiger partial charge in [-0.1, -0.05) is 13.8 Å². The molecule has 0 unspecified atom stereocenters. The highest BCUT2D eigenvalue weighted by molar-refractivity contribution is 7.91. The van der Waals surface area contributed by atoms with E-state index in [-0.39, 0.29) is 0 Å². The zero-order valence-corrected chi connectivity index (χ0v) is 12.6. The standard InChI is InChI=1S/C12H22N2O2S2/c1-10(2)4-3-9-14-18(15,16)12-6-5-11(17-12)7-8-13/h5-6,10,14H,3-4,7-9,13H2,1-2H3. The molecule has 4 nitrogen and oxygen atoms in total. The van der Waals surface area contributed by atoms with Crippen LogP contribution in [0.2, 0.25) is 0 Å². The molecule has 0 spiro atoms. The van der Waals surface area contributed by atoms with Crippen molar-refractivity contribution >= 4 is 21.4 Å². The lowest BCUT2D eigenvalue weighted by molar-refractivity contribution is 0.540. The topological polar surface area (TPSA) is 72.2 Å². The van der Waals surface area contributed by atoms with Crippen LogP contribution in [-0.2, 0) is 16.4 Å². The molecule has 0 aliphatic heterocycles. The Morgan fingerprint density at radius 1 is 1.39 bits per heavy atom. The zero-order chi connectivity index (χ0) is 13.6. The molecule has 0 amide bonds. The van der Waals surface area contributed by atoms with Gasteiger partial charge in [0.25, 0.3) is 0 Å². The lowest BCUT2D eigenvalue weighted by Gasteiger charge is -2.06. The van der Waals surface area contributed by atoms with E-state index in [0.29, 0.717) is 23.2 Å². The van der Waals surface area contributed by atoms with Gasteiger partial charge in [-0.25, -0.2) is 13.1 Å². The van der Waals surface area contributed by atoms with Crippen LogP contribution in [0.5, 0.6) is 0 Å². The second-order valence-electron chi connectivity index (χ2n) is 4.69. The molecule has 6 heteroatoms. The van der Waals surface area contributed by atoms with Crippen molar-refractivity contribution < 1.29 is 8.42 Å². The Bertz CT molecular complexity index is 452. The first-order chi connectivity index (χ1) is 8.45. The number of sulfonamides is 1. The fourth-order valence-corrected chi connectivity index (χ4v) is 4.06. The number of hydrogen-bond donors (Lipinski definition) is 2. The molecule has 1 aromatic heterocycles. The van der Waals surface area contributed by atoms with Crippen LogP contribution in [-0.4, -0.2) is 21.5 Å². The number of hydrogen-bond acceptors (Lipinski definition) is 4. The third-order valence-corrected chi connectivity index (χ3v) is 5.64. The van der Waals surface area contributed by atoms with E-state index in [2.05, 4.69) is 18.6 Å². The summed E-state index contributed by atoms with van der Waals surface area (Å²) >= 11 is 1.30. The SMILES string of the molecule is CC(C)CCCNS(=O)(=O)c1ccc(CCN)s1. The minimum Gasteiger partial charge on any atom is -0.330 e. The summed E-state index contributed by atoms with van der Waals surface area (Å²) in [5.74, 6) is 0.604. The number of thiophene rings is 1. The van der Waals surface area contributed by atoms with E-state index in [1.54, 1.807) is 6.07 Å². The van der Waals surface area contributed by atoms with E-state index in [4.69, 9.17) is 5.73 Å². The van der Waals surface area contributed by atoms with Gasteiger partial charge in [0.1, 0.15) is 4.21 Å². The van der Waals surface area contributed by atoms with Crippen LogP contribution < -0.4 is 10.5 Å². The van der Waals surface area contributed by atoms with Crippen molar-refractivity contribution in [1.82, 2.24) is 4.72 Å². The Balaban J connectivity index is 2.51. The van der Waals surface area contributed by atoms with Gasteiger partial charge in [-0.15, -0.1) is 11.3 Å². The van der Waals surface area contributed by atoms with Crippen molar-refractivity contribution in [3.05, 3.63) is 17.0 Å². The first-order valence-corrected chi connectivity index (χ1v) is 8.54. The van der Waals surface area contributed by atoms with E-state index >= 15 is 0 Å². The van der Waals surface area contributed by atoms with Crippen LogP contribution in [0, 0.1) is 5.92 Å². The average molecular weight is 290 g/mol. The number of nitrogens with two attached hydrogens (primary N) is 1. The summed E-state index contributed by atoms with van der Waals surface area (Å²) in [7, 11) is -3.33. The van der Waals surface area contributed by atoms with Gasteiger partial charge in [0.2, 0.25) is 10.0 Å². The van der Waals surface area contributed by atoms with Crippen molar-refractivity contribution in [3.63, 3.8) is 0 Å². The van der Waals surface area contributed by atoms with Crippen LogP contribution >= 0.6 is 11.3 Å². The quantitative estimate of drug-likeness (QED) is 0.719. The molecule has 0 aliphatic carbocycles. The van der Waals surface area contributed by atoms with Gasteiger partial charge >= 0.3 is 0 Å². The summed E-state index contributed by atoms with van der Waals surface area (Å²) in [5, 5.41) is 0. The van der Waals surface area contributed by atoms with Crippen molar-refractivity contribution in [2.75, 3.05) is 13.1 Å². The van der Waals surface area contributed by atoms with E-state index in [0.717, 1.165) is 24.1 Å². The Kier molecular flexibility index (Phi) is 6.28. The molecule has 0 saturated carbocycles. The third-order valence-electron chi connectivity index (χ3n) is 2.54. The summed E-state index contributed by atoms with van der Waals surface area (Å²) in [4.78, 5) is 1.01. The largest absolute Gasteiger partial charge is 0.330 e. The van der Waals surface area contributed by atoms with E-state index in [1.807, 2.05) is 6.07 Å². The highest BCUT2D eigenvalue weighted by atomic mass is 32.2. The van der Waals surface area contributed by atoms with E-state index in [9.17, 15) is 8.42 Å². The maximum atomic E-state index is 12.0. The number of nitrogens with one attached hydrogen (secondary N) is 1. The maximum Gasteiger partial charge on any atom is 0.250 e. The van der Waals surface area contributed by atoms with Gasteiger partial charge in [-0.2, -0.15) is 0 Å². The van der Waals surface area contributed by atoms with Crippen LogP contribution in [0.3, 0.4) is 0 Å². The molecule has 1 aromatic rings. The van der Waals surface area contributed by atoms with Gasteiger partial charge in [0.15, 0.2) is 0 Å². The predicted octanol–water partition coefficient (Wildman–Crippen LogP) is 1.96. The fourth-order valence-electron chi connectivity index (χ4n) is 1.57. The molecule has 1 rings (SSSR count). The number of rotatable bonds is 8. The van der Waals surface area contributed by atoms with Gasteiger partial charge < -0.3 is 5.73 Å². The molecule has 0 bridgehead atoms. The maximum absolute atomic E-state index is 12.0. The molecule has 104 valence electrons. The Morgan fingerprint density at radius 3 is 2.72 bits per heavy atom. The predicted molar refractivity (Wildman–Crippen MR) is 76.3 cm³/mol. The Labute approximate surface area is 114 Å². The molecule has 0 aromatic carbocycles. The van der Waals surface area contributed by atoms with Crippen LogP contribution in [0.1, 0.15) is 31.6 Å². The fraction of sp³-hybridized carbons (Fsp3) is 0.667. The molecule has 18 heavy (non-hydrogen) atoms. The minimum atomic E-state index is -3.33. The Morgan fingerprint density at radius 2 is 2.11 bits per heavy atom. The molecule has 0 saturated heterocycles. The summed E-state index contributed by atoms with van der Waals surface area (Å²) < 4.78 is 26.9. The Hall–Kier alpha value is -0.430. The molecule has 1 heterocycles. The highest BCUT2D eigenvalue weighted by Crippen LogP contribution is 2.21. The van der Waals surface area contributed by atoms with Gasteiger partial charge in [-0.3, -0.25) is 0 Å². The van der Waals surface area contributed by atoms with E-state index < -0.39 is 10.0 Å². The second-order valence-corrected chi connectivity index (χ2v) is 7.86. The van der Waals surface area contributed by atoms with Crippen molar-refractivity contribution in [3.8, 4) is 0 Å². The van der Waals surface area contributed by atoms with Crippen molar-refractivity contribution in [2.45, 2.75) is 37.3 Å². The van der Waals surface area contributed by atoms with Crippen molar-refractivity contribution in [1.29, 1.82) is 0 Å². The summed E-state index contributed by atoms with van der Waals surface area (Å²) in [6.07, 6.45) is 2.64. The van der Waals surface area contributed by atoms with Gasteiger partial charge in [0, 0.05) is 11.4 Å². The molecular weight excluding hydrogens is 268 g/mol. The molecule has 0 fully saturated rings.